The molecule has 3 fully saturated rings. The van der Waals surface area contributed by atoms with Crippen molar-refractivity contribution in [2.45, 2.75) is 69.2 Å². The molecule has 1 unspecified atom stereocenters. The highest BCUT2D eigenvalue weighted by molar-refractivity contribution is 6.05. The number of hydrogen-bond donors (Lipinski definition) is 1. The summed E-state index contributed by atoms with van der Waals surface area (Å²) in [4.78, 5) is 40.9. The Labute approximate surface area is 203 Å². The minimum Gasteiger partial charge on any atom is -0.489 e. The molecule has 1 saturated carbocycles. The molecule has 3 amide bonds. The van der Waals surface area contributed by atoms with Crippen molar-refractivity contribution >= 4 is 17.7 Å². The van der Waals surface area contributed by atoms with Crippen LogP contribution in [0.3, 0.4) is 0 Å². The number of nitrogens with one attached hydrogen (secondary N) is 1. The maximum atomic E-state index is 13.0. The highest BCUT2D eigenvalue weighted by atomic mass is 16.5. The van der Waals surface area contributed by atoms with Gasteiger partial charge in [-0.1, -0.05) is 6.42 Å². The number of ether oxygens (including phenoxy) is 1. The van der Waals surface area contributed by atoms with Crippen molar-refractivity contribution in [1.82, 2.24) is 25.3 Å². The van der Waals surface area contributed by atoms with Gasteiger partial charge in [0.25, 0.3) is 5.91 Å². The molecule has 9 heteroatoms. The zero-order chi connectivity index (χ0) is 23.9. The minimum atomic E-state index is -0.602. The Hall–Kier alpha value is -3.33. The van der Waals surface area contributed by atoms with E-state index in [4.69, 9.17) is 4.74 Å². The first-order valence-corrected chi connectivity index (χ1v) is 12.5. The number of amides is 3. The quantitative estimate of drug-likeness (QED) is 0.660. The summed E-state index contributed by atoms with van der Waals surface area (Å²) in [6.07, 6.45) is 8.85. The van der Waals surface area contributed by atoms with Crippen molar-refractivity contribution < 1.29 is 19.1 Å². The Morgan fingerprint density at radius 1 is 1.00 bits per heavy atom. The molecule has 3 atom stereocenters. The van der Waals surface area contributed by atoms with Crippen molar-refractivity contribution in [3.8, 4) is 5.75 Å². The number of hydrogen-bond acceptors (Lipinski definition) is 7. The van der Waals surface area contributed by atoms with Crippen molar-refractivity contribution in [3.05, 3.63) is 53.3 Å². The van der Waals surface area contributed by atoms with Gasteiger partial charge in [-0.2, -0.15) is 10.2 Å². The van der Waals surface area contributed by atoms with Crippen LogP contribution in [0, 0.1) is 0 Å². The van der Waals surface area contributed by atoms with E-state index in [1.165, 1.54) is 12.0 Å². The molecule has 1 aromatic heterocycles. The highest BCUT2D eigenvalue weighted by Gasteiger charge is 2.41. The van der Waals surface area contributed by atoms with E-state index in [0.717, 1.165) is 43.7 Å². The number of imide groups is 1. The summed E-state index contributed by atoms with van der Waals surface area (Å²) in [5.41, 5.74) is 2.73. The second-order valence-electron chi connectivity index (χ2n) is 10.1. The number of piperidine rings is 1. The number of rotatable bonds is 5. The van der Waals surface area contributed by atoms with Crippen LogP contribution in [0.1, 0.15) is 65.9 Å². The molecule has 2 aromatic rings. The first kappa shape index (κ1) is 22.2. The van der Waals surface area contributed by atoms with Gasteiger partial charge in [0.05, 0.1) is 6.20 Å². The lowest BCUT2D eigenvalue weighted by Gasteiger charge is -2.48. The predicted octanol–water partition coefficient (Wildman–Crippen LogP) is 2.03. The number of aromatic nitrogens is 2. The van der Waals surface area contributed by atoms with Gasteiger partial charge in [-0.15, -0.1) is 0 Å². The molecule has 6 rings (SSSR count). The molecule has 182 valence electrons. The standard InChI is InChI=1S/C26H29N5O4/c32-24-8-7-22(25(33)29-24)31-15-17-11-19(5-6-20(17)26(31)34)35-23-4-2-1-3-21(23)30-13-18(14-30)16-9-10-27-28-12-16/h5-6,9-12,18,21-23H,1-4,7-8,13-15H2,(H,29,32,33)/t21-,22?,23+/m0/s1. The Morgan fingerprint density at radius 2 is 1.86 bits per heavy atom. The highest BCUT2D eigenvalue weighted by Crippen LogP contribution is 2.36. The number of carbonyl (C=O) groups is 3. The average Bonchev–Trinajstić information content (AvgIpc) is 3.15. The molecule has 0 radical (unpaired) electrons. The van der Waals surface area contributed by atoms with E-state index in [1.54, 1.807) is 11.1 Å². The first-order valence-electron chi connectivity index (χ1n) is 12.5. The van der Waals surface area contributed by atoms with Crippen LogP contribution >= 0.6 is 0 Å². The smallest absolute Gasteiger partial charge is 0.255 e. The lowest BCUT2D eigenvalue weighted by molar-refractivity contribution is -0.136. The van der Waals surface area contributed by atoms with Gasteiger partial charge in [0.2, 0.25) is 11.8 Å². The lowest BCUT2D eigenvalue weighted by Crippen LogP contribution is -2.57. The third kappa shape index (κ3) is 4.18. The van der Waals surface area contributed by atoms with Gasteiger partial charge in [-0.05, 0) is 61.1 Å². The summed E-state index contributed by atoms with van der Waals surface area (Å²) in [6, 6.07) is 7.46. The summed E-state index contributed by atoms with van der Waals surface area (Å²) in [5, 5.41) is 10.2. The topological polar surface area (TPSA) is 105 Å². The molecule has 3 aliphatic heterocycles. The Balaban J connectivity index is 1.12. The van der Waals surface area contributed by atoms with E-state index in [2.05, 4.69) is 20.4 Å². The fraction of sp³-hybridized carbons (Fsp3) is 0.500. The zero-order valence-electron chi connectivity index (χ0n) is 19.6. The number of carbonyl (C=O) groups excluding carboxylic acids is 3. The average molecular weight is 476 g/mol. The van der Waals surface area contributed by atoms with Crippen LogP contribution in [0.2, 0.25) is 0 Å². The SMILES string of the molecule is O=C1CCC(N2Cc3cc(O[C@@H]4CCCC[C@@H]4N4CC(c5ccnnc5)C4)ccc3C2=O)C(=O)N1. The van der Waals surface area contributed by atoms with Crippen molar-refractivity contribution in [3.63, 3.8) is 0 Å². The molecule has 1 aromatic carbocycles. The largest absolute Gasteiger partial charge is 0.489 e. The van der Waals surface area contributed by atoms with Crippen LogP contribution in [0.4, 0.5) is 0 Å². The van der Waals surface area contributed by atoms with Crippen molar-refractivity contribution in [1.29, 1.82) is 0 Å². The molecule has 4 aliphatic rings. The molecule has 2 saturated heterocycles. The van der Waals surface area contributed by atoms with Crippen LogP contribution < -0.4 is 10.1 Å². The molecule has 1 aliphatic carbocycles. The van der Waals surface area contributed by atoms with Gasteiger partial charge in [-0.3, -0.25) is 24.6 Å². The molecule has 35 heavy (non-hydrogen) atoms. The van der Waals surface area contributed by atoms with E-state index in [9.17, 15) is 14.4 Å². The Morgan fingerprint density at radius 3 is 2.66 bits per heavy atom. The fourth-order valence-electron chi connectivity index (χ4n) is 5.97. The predicted molar refractivity (Wildman–Crippen MR) is 126 cm³/mol. The van der Waals surface area contributed by atoms with Crippen LogP contribution in [-0.2, 0) is 16.1 Å². The second kappa shape index (κ2) is 9.03. The van der Waals surface area contributed by atoms with Gasteiger partial charge < -0.3 is 9.64 Å². The minimum absolute atomic E-state index is 0.113. The fourth-order valence-corrected chi connectivity index (χ4v) is 5.97. The maximum Gasteiger partial charge on any atom is 0.255 e. The molecule has 0 spiro atoms. The normalized spacial score (nSPS) is 27.4. The van der Waals surface area contributed by atoms with Crippen molar-refractivity contribution in [2.24, 2.45) is 0 Å². The summed E-state index contributed by atoms with van der Waals surface area (Å²) in [6.45, 7) is 2.38. The maximum absolute atomic E-state index is 13.0. The van der Waals surface area contributed by atoms with Gasteiger partial charge in [0, 0.05) is 49.8 Å². The van der Waals surface area contributed by atoms with Crippen molar-refractivity contribution in [2.75, 3.05) is 13.1 Å². The van der Waals surface area contributed by atoms with Crippen LogP contribution in [-0.4, -0.2) is 69.0 Å². The molecule has 9 nitrogen and oxygen atoms in total. The molecule has 0 bridgehead atoms. The van der Waals surface area contributed by atoms with E-state index in [0.29, 0.717) is 30.5 Å². The molecule has 4 heterocycles. The molecule has 1 N–H and O–H groups in total. The molecular weight excluding hydrogens is 446 g/mol. The van der Waals surface area contributed by atoms with Gasteiger partial charge in [-0.25, -0.2) is 0 Å². The summed E-state index contributed by atoms with van der Waals surface area (Å²) in [7, 11) is 0. The monoisotopic (exact) mass is 475 g/mol. The Bertz CT molecular complexity index is 1150. The third-order valence-corrected chi connectivity index (χ3v) is 7.91. The number of nitrogens with zero attached hydrogens (tertiary/aromatic N) is 4. The second-order valence-corrected chi connectivity index (χ2v) is 10.1. The lowest BCUT2D eigenvalue weighted by atomic mass is 9.85. The van der Waals surface area contributed by atoms with Crippen LogP contribution in [0.25, 0.3) is 0 Å². The van der Waals surface area contributed by atoms with Crippen LogP contribution in [0.15, 0.2) is 36.7 Å². The number of fused-ring (bicyclic) bond motifs is 1. The first-order chi connectivity index (χ1) is 17.1. The number of likely N-dealkylation sites (tertiary alicyclic amines) is 1. The Kier molecular flexibility index (Phi) is 5.72. The third-order valence-electron chi connectivity index (χ3n) is 7.91. The van der Waals surface area contributed by atoms with E-state index >= 15 is 0 Å². The van der Waals surface area contributed by atoms with E-state index < -0.39 is 6.04 Å². The van der Waals surface area contributed by atoms with Gasteiger partial charge >= 0.3 is 0 Å². The number of benzene rings is 1. The van der Waals surface area contributed by atoms with E-state index in [1.807, 2.05) is 30.5 Å². The van der Waals surface area contributed by atoms with E-state index in [-0.39, 0.29) is 30.2 Å². The summed E-state index contributed by atoms with van der Waals surface area (Å²) < 4.78 is 6.52. The van der Waals surface area contributed by atoms with Gasteiger partial charge in [0.1, 0.15) is 17.9 Å². The van der Waals surface area contributed by atoms with Crippen LogP contribution in [0.5, 0.6) is 5.75 Å². The summed E-state index contributed by atoms with van der Waals surface area (Å²) in [5.74, 6) is 0.443. The molecular formula is C26H29N5O4. The summed E-state index contributed by atoms with van der Waals surface area (Å²) >= 11 is 0. The van der Waals surface area contributed by atoms with Gasteiger partial charge in [0.15, 0.2) is 0 Å². The zero-order valence-corrected chi connectivity index (χ0v) is 19.6.